The van der Waals surface area contributed by atoms with E-state index in [2.05, 4.69) is 43.6 Å². The standard InChI is InChI=1S/C31H53BrO8/c1-19(33)37-28(4,5)24-14-17-29(6,39-24)23(35)11-9-20(34)21-10-12-25-30(7,38-21)18-15-26(36-25)31(8)16-13-22(32)27(2,3)40-31/h20-26,34-35H,9-18H2,1-8H3/t20-,21+,22+,23-,24+,25+,26+,29+,30-,31-/m0/s1. The second-order valence-corrected chi connectivity index (χ2v) is 15.6. The van der Waals surface area contributed by atoms with E-state index in [-0.39, 0.29) is 41.6 Å². The molecule has 0 spiro atoms. The smallest absolute Gasteiger partial charge is 0.303 e. The first-order chi connectivity index (χ1) is 18.4. The van der Waals surface area contributed by atoms with Gasteiger partial charge in [-0.25, -0.2) is 0 Å². The average Bonchev–Trinajstić information content (AvgIpc) is 3.27. The highest BCUT2D eigenvalue weighted by Gasteiger charge is 2.54. The van der Waals surface area contributed by atoms with Crippen molar-refractivity contribution in [2.24, 2.45) is 0 Å². The predicted octanol–water partition coefficient (Wildman–Crippen LogP) is 5.36. The summed E-state index contributed by atoms with van der Waals surface area (Å²) in [6.07, 6.45) is 5.41. The zero-order valence-corrected chi connectivity index (χ0v) is 27.4. The quantitative estimate of drug-likeness (QED) is 0.272. The van der Waals surface area contributed by atoms with Crippen LogP contribution < -0.4 is 0 Å². The second-order valence-electron chi connectivity index (χ2n) is 14.5. The van der Waals surface area contributed by atoms with Gasteiger partial charge in [-0.05, 0) is 113 Å². The topological polar surface area (TPSA) is 104 Å². The highest BCUT2D eigenvalue weighted by molar-refractivity contribution is 9.09. The van der Waals surface area contributed by atoms with Crippen molar-refractivity contribution in [3.05, 3.63) is 0 Å². The van der Waals surface area contributed by atoms with Crippen molar-refractivity contribution < 1.29 is 38.7 Å². The van der Waals surface area contributed by atoms with Gasteiger partial charge in [0.2, 0.25) is 0 Å². The first-order valence-electron chi connectivity index (χ1n) is 15.3. The molecule has 40 heavy (non-hydrogen) atoms. The fourth-order valence-electron chi connectivity index (χ4n) is 7.49. The third-order valence-electron chi connectivity index (χ3n) is 10.2. The summed E-state index contributed by atoms with van der Waals surface area (Å²) in [7, 11) is 0. The molecule has 0 bridgehead atoms. The summed E-state index contributed by atoms with van der Waals surface area (Å²) in [5.41, 5.74) is -2.54. The number of esters is 1. The number of hydrogen-bond donors (Lipinski definition) is 2. The van der Waals surface area contributed by atoms with Gasteiger partial charge in [-0.3, -0.25) is 4.79 Å². The van der Waals surface area contributed by atoms with Crippen LogP contribution >= 0.6 is 15.9 Å². The molecule has 0 aromatic heterocycles. The Balaban J connectivity index is 1.28. The van der Waals surface area contributed by atoms with E-state index in [0.717, 1.165) is 32.1 Å². The molecule has 4 aliphatic rings. The van der Waals surface area contributed by atoms with E-state index in [1.54, 1.807) is 0 Å². The van der Waals surface area contributed by atoms with Gasteiger partial charge >= 0.3 is 5.97 Å². The molecule has 2 N–H and O–H groups in total. The van der Waals surface area contributed by atoms with E-state index in [1.807, 2.05) is 20.8 Å². The molecule has 0 saturated carbocycles. The summed E-state index contributed by atoms with van der Waals surface area (Å²) in [6, 6.07) is 0. The molecule has 4 aliphatic heterocycles. The van der Waals surface area contributed by atoms with Crippen LogP contribution in [0, 0.1) is 0 Å². The number of aliphatic hydroxyl groups is 2. The number of alkyl halides is 1. The van der Waals surface area contributed by atoms with E-state index in [4.69, 9.17) is 23.7 Å². The molecule has 0 amide bonds. The summed E-state index contributed by atoms with van der Waals surface area (Å²) in [5, 5.41) is 22.2. The summed E-state index contributed by atoms with van der Waals surface area (Å²) < 4.78 is 31.6. The Bertz CT molecular complexity index is 912. The normalized spacial score (nSPS) is 43.5. The molecule has 8 nitrogen and oxygen atoms in total. The zero-order chi connectivity index (χ0) is 29.7. The van der Waals surface area contributed by atoms with Crippen LogP contribution in [-0.4, -0.2) is 85.6 Å². The summed E-state index contributed by atoms with van der Waals surface area (Å²) >= 11 is 3.78. The molecule has 4 rings (SSSR count). The molecule has 0 unspecified atom stereocenters. The predicted molar refractivity (Wildman–Crippen MR) is 156 cm³/mol. The number of halogens is 1. The van der Waals surface area contributed by atoms with Crippen LogP contribution in [0.1, 0.15) is 120 Å². The highest BCUT2D eigenvalue weighted by atomic mass is 79.9. The molecule has 0 radical (unpaired) electrons. The van der Waals surface area contributed by atoms with Gasteiger partial charge in [0.05, 0.1) is 59.0 Å². The van der Waals surface area contributed by atoms with E-state index < -0.39 is 29.0 Å². The largest absolute Gasteiger partial charge is 0.457 e. The third kappa shape index (κ3) is 6.76. The van der Waals surface area contributed by atoms with Crippen molar-refractivity contribution in [3.63, 3.8) is 0 Å². The zero-order valence-electron chi connectivity index (χ0n) is 25.8. The maximum absolute atomic E-state index is 11.5. The number of carbonyl (C=O) groups is 1. The van der Waals surface area contributed by atoms with E-state index >= 15 is 0 Å². The van der Waals surface area contributed by atoms with Crippen LogP contribution in [0.25, 0.3) is 0 Å². The first kappa shape index (κ1) is 32.6. The maximum atomic E-state index is 11.5. The van der Waals surface area contributed by atoms with Gasteiger partial charge in [0, 0.05) is 11.8 Å². The lowest BCUT2D eigenvalue weighted by atomic mass is 9.76. The van der Waals surface area contributed by atoms with Crippen LogP contribution in [0.5, 0.6) is 0 Å². The second kappa shape index (κ2) is 11.7. The van der Waals surface area contributed by atoms with Crippen molar-refractivity contribution in [2.45, 2.75) is 189 Å². The fraction of sp³-hybridized carbons (Fsp3) is 0.968. The van der Waals surface area contributed by atoms with Crippen LogP contribution in [-0.2, 0) is 28.5 Å². The summed E-state index contributed by atoms with van der Waals surface area (Å²) in [6.45, 7) is 15.6. The molecule has 0 aliphatic carbocycles. The molecule has 10 atom stereocenters. The number of rotatable bonds is 8. The van der Waals surface area contributed by atoms with Gasteiger partial charge in [-0.2, -0.15) is 0 Å². The molecule has 4 heterocycles. The lowest BCUT2D eigenvalue weighted by molar-refractivity contribution is -0.294. The fourth-order valence-corrected chi connectivity index (χ4v) is 7.81. The maximum Gasteiger partial charge on any atom is 0.303 e. The minimum atomic E-state index is -0.765. The minimum Gasteiger partial charge on any atom is -0.457 e. The van der Waals surface area contributed by atoms with Gasteiger partial charge in [-0.1, -0.05) is 15.9 Å². The average molecular weight is 634 g/mol. The molecule has 9 heteroatoms. The van der Waals surface area contributed by atoms with Gasteiger partial charge in [-0.15, -0.1) is 0 Å². The van der Waals surface area contributed by atoms with Crippen LogP contribution in [0.3, 0.4) is 0 Å². The van der Waals surface area contributed by atoms with Gasteiger partial charge in [0.15, 0.2) is 0 Å². The SMILES string of the molecule is CC(=O)OC(C)(C)[C@H]1CC[C@](C)([C@@H](O)CC[C@H](O)[C@H]2CC[C@H]3O[C@@H]([C@]4(C)CC[C@@H](Br)C(C)(C)O4)CC[C@]3(C)O2)O1. The Labute approximate surface area is 249 Å². The molecule has 232 valence electrons. The van der Waals surface area contributed by atoms with Crippen LogP contribution in [0.4, 0.5) is 0 Å². The minimum absolute atomic E-state index is 0.0203. The van der Waals surface area contributed by atoms with Crippen molar-refractivity contribution in [3.8, 4) is 0 Å². The van der Waals surface area contributed by atoms with Gasteiger partial charge in [0.25, 0.3) is 0 Å². The third-order valence-corrected chi connectivity index (χ3v) is 11.8. The van der Waals surface area contributed by atoms with E-state index in [1.165, 1.54) is 6.92 Å². The number of ether oxygens (including phenoxy) is 5. The highest BCUT2D eigenvalue weighted by Crippen LogP contribution is 2.48. The van der Waals surface area contributed by atoms with E-state index in [9.17, 15) is 15.0 Å². The lowest BCUT2D eigenvalue weighted by Gasteiger charge is -2.55. The summed E-state index contributed by atoms with van der Waals surface area (Å²) in [4.78, 5) is 11.8. The Hall–Kier alpha value is -0.290. The number of fused-ring (bicyclic) bond motifs is 1. The molecule has 4 saturated heterocycles. The molecular weight excluding hydrogens is 580 g/mol. The van der Waals surface area contributed by atoms with Gasteiger partial charge in [0.1, 0.15) is 5.60 Å². The van der Waals surface area contributed by atoms with Crippen molar-refractivity contribution >= 4 is 21.9 Å². The number of hydrogen-bond acceptors (Lipinski definition) is 8. The van der Waals surface area contributed by atoms with Crippen molar-refractivity contribution in [1.82, 2.24) is 0 Å². The monoisotopic (exact) mass is 632 g/mol. The number of carbonyl (C=O) groups excluding carboxylic acids is 1. The van der Waals surface area contributed by atoms with Crippen LogP contribution in [0.2, 0.25) is 0 Å². The Morgan fingerprint density at radius 3 is 2.23 bits per heavy atom. The summed E-state index contributed by atoms with van der Waals surface area (Å²) in [5.74, 6) is -0.346. The molecule has 4 fully saturated rings. The number of aliphatic hydroxyl groups excluding tert-OH is 2. The molecular formula is C31H53BrO8. The van der Waals surface area contributed by atoms with Crippen molar-refractivity contribution in [1.29, 1.82) is 0 Å². The van der Waals surface area contributed by atoms with E-state index in [0.29, 0.717) is 36.9 Å². The van der Waals surface area contributed by atoms with Crippen molar-refractivity contribution in [2.75, 3.05) is 0 Å². The Kier molecular flexibility index (Phi) is 9.51. The Morgan fingerprint density at radius 1 is 0.925 bits per heavy atom. The Morgan fingerprint density at radius 2 is 1.57 bits per heavy atom. The van der Waals surface area contributed by atoms with Gasteiger partial charge < -0.3 is 33.9 Å². The molecule has 0 aromatic rings. The first-order valence-corrected chi connectivity index (χ1v) is 16.2. The molecule has 0 aromatic carbocycles. The lowest BCUT2D eigenvalue weighted by Crippen LogP contribution is -2.62. The van der Waals surface area contributed by atoms with Crippen LogP contribution in [0.15, 0.2) is 0 Å².